The number of hydrogen-bond donors (Lipinski definition) is 1. The maximum Gasteiger partial charge on any atom is 0.193 e. The van der Waals surface area contributed by atoms with E-state index in [0.717, 1.165) is 49.4 Å². The minimum atomic E-state index is 0. The third-order valence-corrected chi connectivity index (χ3v) is 5.48. The van der Waals surface area contributed by atoms with Gasteiger partial charge in [-0.05, 0) is 33.4 Å². The Hall–Kier alpha value is -0.410. The molecular formula is C16H30IN5S. The van der Waals surface area contributed by atoms with Crippen molar-refractivity contribution in [2.75, 3.05) is 33.2 Å². The first kappa shape index (κ1) is 20.6. The molecule has 0 spiro atoms. The first-order chi connectivity index (χ1) is 10.6. The molecule has 1 saturated heterocycles. The Kier molecular flexibility index (Phi) is 8.78. The molecule has 5 nitrogen and oxygen atoms in total. The fourth-order valence-electron chi connectivity index (χ4n) is 3.20. The fraction of sp³-hybridized carbons (Fsp3) is 0.750. The van der Waals surface area contributed by atoms with Gasteiger partial charge in [-0.3, -0.25) is 9.89 Å². The zero-order valence-electron chi connectivity index (χ0n) is 14.9. The summed E-state index contributed by atoms with van der Waals surface area (Å²) in [6, 6.07) is 0.654. The van der Waals surface area contributed by atoms with E-state index < -0.39 is 0 Å². The maximum absolute atomic E-state index is 4.49. The van der Waals surface area contributed by atoms with Crippen molar-refractivity contribution in [3.05, 3.63) is 15.6 Å². The molecular weight excluding hydrogens is 421 g/mol. The molecule has 0 bridgehead atoms. The number of aryl methyl sites for hydroxylation is 2. The Balaban J connectivity index is 0.00000264. The highest BCUT2D eigenvalue weighted by molar-refractivity contribution is 14.0. The van der Waals surface area contributed by atoms with Gasteiger partial charge in [-0.25, -0.2) is 4.98 Å². The summed E-state index contributed by atoms with van der Waals surface area (Å²) in [4.78, 5) is 15.2. The van der Waals surface area contributed by atoms with Gasteiger partial charge in [0.05, 0.1) is 17.2 Å². The number of rotatable bonds is 5. The second-order valence-electron chi connectivity index (χ2n) is 5.75. The summed E-state index contributed by atoms with van der Waals surface area (Å²) in [5, 5.41) is 4.64. The number of likely N-dealkylation sites (N-methyl/N-ethyl adjacent to an activating group) is 1. The third kappa shape index (κ3) is 5.29. The molecule has 1 aliphatic heterocycles. The average Bonchev–Trinajstić information content (AvgIpc) is 3.09. The van der Waals surface area contributed by atoms with Gasteiger partial charge in [-0.15, -0.1) is 35.3 Å². The van der Waals surface area contributed by atoms with Crippen LogP contribution in [0.1, 0.15) is 35.8 Å². The quantitative estimate of drug-likeness (QED) is 0.425. The fourth-order valence-corrected chi connectivity index (χ4v) is 4.08. The normalized spacial score (nSPS) is 18.4. The standard InChI is InChI=1S/C16H29N5S.HI/c1-6-20(7-2)14-8-9-21(11-14)16(17-5)18-10-15-12(3)19-13(4)22-15;/h14H,6-11H2,1-5H3,(H,17,18);1H. The Morgan fingerprint density at radius 3 is 2.61 bits per heavy atom. The molecule has 7 heteroatoms. The molecule has 1 atom stereocenters. The summed E-state index contributed by atoms with van der Waals surface area (Å²) in [6.07, 6.45) is 1.22. The molecule has 132 valence electrons. The summed E-state index contributed by atoms with van der Waals surface area (Å²) in [5.41, 5.74) is 1.13. The Morgan fingerprint density at radius 1 is 1.39 bits per heavy atom. The molecule has 23 heavy (non-hydrogen) atoms. The van der Waals surface area contributed by atoms with E-state index in [0.29, 0.717) is 6.04 Å². The number of guanidine groups is 1. The predicted molar refractivity (Wildman–Crippen MR) is 110 cm³/mol. The molecule has 2 heterocycles. The molecule has 2 rings (SSSR count). The average molecular weight is 451 g/mol. The van der Waals surface area contributed by atoms with E-state index in [4.69, 9.17) is 0 Å². The molecule has 1 aromatic rings. The van der Waals surface area contributed by atoms with Crippen LogP contribution in [-0.4, -0.2) is 60.0 Å². The van der Waals surface area contributed by atoms with Crippen molar-refractivity contribution in [2.45, 2.75) is 46.7 Å². The summed E-state index contributed by atoms with van der Waals surface area (Å²) in [7, 11) is 1.87. The first-order valence-electron chi connectivity index (χ1n) is 8.21. The van der Waals surface area contributed by atoms with Crippen LogP contribution in [0.25, 0.3) is 0 Å². The van der Waals surface area contributed by atoms with Gasteiger partial charge in [0.15, 0.2) is 5.96 Å². The van der Waals surface area contributed by atoms with Crippen molar-refractivity contribution in [1.29, 1.82) is 0 Å². The molecule has 0 amide bonds. The second kappa shape index (κ2) is 9.78. The number of aliphatic imine (C=N–C) groups is 1. The van der Waals surface area contributed by atoms with Crippen molar-refractivity contribution in [2.24, 2.45) is 4.99 Å². The number of halogens is 1. The largest absolute Gasteiger partial charge is 0.351 e. The summed E-state index contributed by atoms with van der Waals surface area (Å²) in [5.74, 6) is 1.01. The monoisotopic (exact) mass is 451 g/mol. The summed E-state index contributed by atoms with van der Waals surface area (Å²) < 4.78 is 0. The number of hydrogen-bond acceptors (Lipinski definition) is 4. The summed E-state index contributed by atoms with van der Waals surface area (Å²) >= 11 is 1.77. The van der Waals surface area contributed by atoms with E-state index >= 15 is 0 Å². The van der Waals surface area contributed by atoms with E-state index in [1.54, 1.807) is 11.3 Å². The molecule has 0 saturated carbocycles. The van der Waals surface area contributed by atoms with Crippen molar-refractivity contribution in [3.8, 4) is 0 Å². The Morgan fingerprint density at radius 2 is 2.09 bits per heavy atom. The van der Waals surface area contributed by atoms with Gasteiger partial charge in [0.1, 0.15) is 0 Å². The lowest BCUT2D eigenvalue weighted by Crippen LogP contribution is -2.43. The predicted octanol–water partition coefficient (Wildman–Crippen LogP) is 2.87. The van der Waals surface area contributed by atoms with Crippen LogP contribution < -0.4 is 5.32 Å². The number of nitrogens with one attached hydrogen (secondary N) is 1. The zero-order valence-corrected chi connectivity index (χ0v) is 18.1. The molecule has 0 aliphatic carbocycles. The van der Waals surface area contributed by atoms with Crippen LogP contribution >= 0.6 is 35.3 Å². The van der Waals surface area contributed by atoms with Crippen molar-refractivity contribution in [3.63, 3.8) is 0 Å². The van der Waals surface area contributed by atoms with Crippen LogP contribution in [0.4, 0.5) is 0 Å². The van der Waals surface area contributed by atoms with Crippen LogP contribution in [0.15, 0.2) is 4.99 Å². The molecule has 0 radical (unpaired) electrons. The third-order valence-electron chi connectivity index (χ3n) is 4.41. The van der Waals surface area contributed by atoms with Gasteiger partial charge in [-0.2, -0.15) is 0 Å². The lowest BCUT2D eigenvalue weighted by atomic mass is 10.2. The van der Waals surface area contributed by atoms with Crippen molar-refractivity contribution in [1.82, 2.24) is 20.1 Å². The van der Waals surface area contributed by atoms with E-state index in [9.17, 15) is 0 Å². The highest BCUT2D eigenvalue weighted by atomic mass is 127. The number of thiazole rings is 1. The highest BCUT2D eigenvalue weighted by Crippen LogP contribution is 2.18. The Bertz CT molecular complexity index is 513. The van der Waals surface area contributed by atoms with Crippen LogP contribution in [-0.2, 0) is 6.54 Å². The minimum Gasteiger partial charge on any atom is -0.351 e. The summed E-state index contributed by atoms with van der Waals surface area (Å²) in [6.45, 7) is 13.9. The van der Waals surface area contributed by atoms with Crippen molar-refractivity contribution >= 4 is 41.3 Å². The SMILES string of the molecule is CCN(CC)C1CCN(C(=NC)NCc2sc(C)nc2C)C1.I. The molecule has 1 unspecified atom stereocenters. The van der Waals surface area contributed by atoms with E-state index in [-0.39, 0.29) is 24.0 Å². The van der Waals surface area contributed by atoms with E-state index in [2.05, 4.69) is 52.8 Å². The van der Waals surface area contributed by atoms with Gasteiger partial charge in [0, 0.05) is 31.1 Å². The minimum absolute atomic E-state index is 0. The van der Waals surface area contributed by atoms with E-state index in [1.165, 1.54) is 11.3 Å². The molecule has 0 aromatic carbocycles. The van der Waals surface area contributed by atoms with Gasteiger partial charge in [0.2, 0.25) is 0 Å². The number of nitrogens with zero attached hydrogens (tertiary/aromatic N) is 4. The smallest absolute Gasteiger partial charge is 0.193 e. The highest BCUT2D eigenvalue weighted by Gasteiger charge is 2.28. The van der Waals surface area contributed by atoms with Gasteiger partial charge in [-0.1, -0.05) is 13.8 Å². The van der Waals surface area contributed by atoms with Crippen LogP contribution in [0.3, 0.4) is 0 Å². The molecule has 1 aliphatic rings. The second-order valence-corrected chi connectivity index (χ2v) is 7.04. The first-order valence-corrected chi connectivity index (χ1v) is 9.03. The maximum atomic E-state index is 4.49. The molecule has 1 N–H and O–H groups in total. The number of likely N-dealkylation sites (tertiary alicyclic amines) is 1. The van der Waals surface area contributed by atoms with Gasteiger partial charge in [0.25, 0.3) is 0 Å². The van der Waals surface area contributed by atoms with Gasteiger partial charge >= 0.3 is 0 Å². The lowest BCUT2D eigenvalue weighted by molar-refractivity contribution is 0.223. The van der Waals surface area contributed by atoms with Crippen LogP contribution in [0, 0.1) is 13.8 Å². The van der Waals surface area contributed by atoms with Gasteiger partial charge < -0.3 is 10.2 Å². The molecule has 1 fully saturated rings. The lowest BCUT2D eigenvalue weighted by Gasteiger charge is -2.27. The number of aromatic nitrogens is 1. The topological polar surface area (TPSA) is 43.8 Å². The van der Waals surface area contributed by atoms with Crippen LogP contribution in [0.5, 0.6) is 0 Å². The van der Waals surface area contributed by atoms with E-state index in [1.807, 2.05) is 7.05 Å². The molecule has 1 aromatic heterocycles. The van der Waals surface area contributed by atoms with Crippen LogP contribution in [0.2, 0.25) is 0 Å². The van der Waals surface area contributed by atoms with Crippen molar-refractivity contribution < 1.29 is 0 Å². The Labute approximate surface area is 161 Å². The zero-order chi connectivity index (χ0) is 16.1.